The Balaban J connectivity index is 1.98. The van der Waals surface area contributed by atoms with E-state index in [1.165, 1.54) is 4.90 Å². The van der Waals surface area contributed by atoms with Gasteiger partial charge in [-0.05, 0) is 52.7 Å². The van der Waals surface area contributed by atoms with Gasteiger partial charge in [0.25, 0.3) is 0 Å². The Labute approximate surface area is 188 Å². The van der Waals surface area contributed by atoms with Crippen LogP contribution in [0.2, 0.25) is 0 Å². The van der Waals surface area contributed by atoms with E-state index in [1.807, 2.05) is 38.1 Å². The molecule has 8 heteroatoms. The maximum absolute atomic E-state index is 13.0. The smallest absolute Gasteiger partial charge is 0.325 e. The highest BCUT2D eigenvalue weighted by atomic mass is 16.5. The highest BCUT2D eigenvalue weighted by Gasteiger charge is 2.45. The van der Waals surface area contributed by atoms with Gasteiger partial charge in [-0.15, -0.1) is 0 Å². The van der Waals surface area contributed by atoms with Crippen molar-refractivity contribution < 1.29 is 23.6 Å². The molecule has 2 atom stereocenters. The summed E-state index contributed by atoms with van der Waals surface area (Å²) in [6.07, 6.45) is 0.0921. The molecule has 1 unspecified atom stereocenters. The lowest BCUT2D eigenvalue weighted by Crippen LogP contribution is -2.51. The number of carbonyl (C=O) groups excluding carboxylic acids is 3. The van der Waals surface area contributed by atoms with Crippen molar-refractivity contribution in [1.29, 1.82) is 0 Å². The Morgan fingerprint density at radius 3 is 2.41 bits per heavy atom. The van der Waals surface area contributed by atoms with E-state index in [9.17, 15) is 14.4 Å². The van der Waals surface area contributed by atoms with Crippen LogP contribution in [-0.2, 0) is 19.1 Å². The van der Waals surface area contributed by atoms with E-state index in [0.29, 0.717) is 6.54 Å². The molecule has 32 heavy (non-hydrogen) atoms. The van der Waals surface area contributed by atoms with E-state index in [4.69, 9.17) is 9.26 Å². The predicted octanol–water partition coefficient (Wildman–Crippen LogP) is 3.33. The number of nitrogens with one attached hydrogen (secondary N) is 1. The van der Waals surface area contributed by atoms with E-state index in [0.717, 1.165) is 28.1 Å². The predicted molar refractivity (Wildman–Crippen MR) is 119 cm³/mol. The molecule has 172 valence electrons. The standard InChI is InChI=1S/C24H31N3O5/c1-7-27-19(28)13-18(22(27)29)21(25-24(5,6)23(30)31-8-2)17-11-9-16(10-12-17)20-14(3)26-32-15(20)4/h9-12,18,21,25H,7-8,13H2,1-6H3/t18?,21-/m1/s1. The number of ether oxygens (including phenoxy) is 1. The Morgan fingerprint density at radius 1 is 1.25 bits per heavy atom. The molecule has 2 heterocycles. The Bertz CT molecular complexity index is 990. The van der Waals surface area contributed by atoms with Crippen LogP contribution in [0.5, 0.6) is 0 Å². The van der Waals surface area contributed by atoms with Crippen molar-refractivity contribution in [2.45, 2.75) is 59.5 Å². The molecule has 1 fully saturated rings. The topological polar surface area (TPSA) is 102 Å². The van der Waals surface area contributed by atoms with Crippen molar-refractivity contribution >= 4 is 17.8 Å². The first kappa shape index (κ1) is 23.7. The summed E-state index contributed by atoms with van der Waals surface area (Å²) in [5.74, 6) is -0.730. The Hall–Kier alpha value is -3.00. The zero-order valence-electron chi connectivity index (χ0n) is 19.5. The van der Waals surface area contributed by atoms with Gasteiger partial charge >= 0.3 is 5.97 Å². The molecule has 0 aliphatic carbocycles. The van der Waals surface area contributed by atoms with Gasteiger partial charge in [-0.25, -0.2) is 0 Å². The summed E-state index contributed by atoms with van der Waals surface area (Å²) in [6.45, 7) is 11.3. The van der Waals surface area contributed by atoms with E-state index < -0.39 is 23.5 Å². The summed E-state index contributed by atoms with van der Waals surface area (Å²) in [6, 6.07) is 7.15. The molecule has 1 aliphatic heterocycles. The van der Waals surface area contributed by atoms with Crippen LogP contribution in [0.1, 0.15) is 57.2 Å². The first-order valence-electron chi connectivity index (χ1n) is 10.9. The SMILES string of the molecule is CCOC(=O)C(C)(C)N[C@H](c1ccc(-c2c(C)noc2C)cc1)C1CC(=O)N(CC)C1=O. The monoisotopic (exact) mass is 441 g/mol. The minimum Gasteiger partial charge on any atom is -0.465 e. The summed E-state index contributed by atoms with van der Waals surface area (Å²) < 4.78 is 10.5. The molecule has 2 amide bonds. The number of esters is 1. The number of amides is 2. The van der Waals surface area contributed by atoms with E-state index in [2.05, 4.69) is 10.5 Å². The number of imide groups is 1. The van der Waals surface area contributed by atoms with Crippen LogP contribution in [-0.4, -0.2) is 46.5 Å². The molecular formula is C24H31N3O5. The fraction of sp³-hybridized carbons (Fsp3) is 0.500. The molecule has 3 rings (SSSR count). The molecule has 0 saturated carbocycles. The summed E-state index contributed by atoms with van der Waals surface area (Å²) in [5, 5.41) is 7.31. The molecule has 1 saturated heterocycles. The van der Waals surface area contributed by atoms with Crippen LogP contribution >= 0.6 is 0 Å². The lowest BCUT2D eigenvalue weighted by Gasteiger charge is -2.33. The molecule has 1 aromatic carbocycles. The maximum Gasteiger partial charge on any atom is 0.325 e. The number of hydrogen-bond donors (Lipinski definition) is 1. The third kappa shape index (κ3) is 4.46. The number of likely N-dealkylation sites (tertiary alicyclic amines) is 1. The number of nitrogens with zero attached hydrogens (tertiary/aromatic N) is 2. The van der Waals surface area contributed by atoms with Gasteiger partial charge in [0.15, 0.2) is 0 Å². The molecular weight excluding hydrogens is 410 g/mol. The normalized spacial score (nSPS) is 17.7. The number of benzene rings is 1. The number of rotatable bonds is 8. The fourth-order valence-corrected chi connectivity index (χ4v) is 4.23. The van der Waals surface area contributed by atoms with Gasteiger partial charge in [0.1, 0.15) is 11.3 Å². The minimum atomic E-state index is -1.05. The molecule has 2 aromatic rings. The van der Waals surface area contributed by atoms with Crippen LogP contribution < -0.4 is 5.32 Å². The maximum atomic E-state index is 13.0. The highest BCUT2D eigenvalue weighted by Crippen LogP contribution is 2.35. The lowest BCUT2D eigenvalue weighted by molar-refractivity contribution is -0.151. The number of hydrogen-bond acceptors (Lipinski definition) is 7. The van der Waals surface area contributed by atoms with Crippen molar-refractivity contribution in [3.8, 4) is 11.1 Å². The van der Waals surface area contributed by atoms with Crippen LogP contribution in [0.25, 0.3) is 11.1 Å². The highest BCUT2D eigenvalue weighted by molar-refractivity contribution is 6.04. The van der Waals surface area contributed by atoms with E-state index >= 15 is 0 Å². The van der Waals surface area contributed by atoms with Gasteiger partial charge in [0, 0.05) is 24.6 Å². The average molecular weight is 442 g/mol. The second-order valence-electron chi connectivity index (χ2n) is 8.58. The van der Waals surface area contributed by atoms with Crippen LogP contribution in [0.4, 0.5) is 0 Å². The van der Waals surface area contributed by atoms with Gasteiger partial charge < -0.3 is 9.26 Å². The second kappa shape index (κ2) is 9.24. The molecule has 0 spiro atoms. The molecule has 8 nitrogen and oxygen atoms in total. The largest absolute Gasteiger partial charge is 0.465 e. The average Bonchev–Trinajstić information content (AvgIpc) is 3.23. The fourth-order valence-electron chi connectivity index (χ4n) is 4.23. The van der Waals surface area contributed by atoms with Gasteiger partial charge in [-0.2, -0.15) is 0 Å². The van der Waals surface area contributed by atoms with Crippen molar-refractivity contribution in [2.75, 3.05) is 13.2 Å². The van der Waals surface area contributed by atoms with Crippen molar-refractivity contribution in [3.63, 3.8) is 0 Å². The summed E-state index contributed by atoms with van der Waals surface area (Å²) in [5.41, 5.74) is 2.42. The molecule has 0 radical (unpaired) electrons. The first-order chi connectivity index (χ1) is 15.1. The van der Waals surface area contributed by atoms with Crippen LogP contribution in [0, 0.1) is 19.8 Å². The van der Waals surface area contributed by atoms with Gasteiger partial charge in [-0.1, -0.05) is 29.4 Å². The third-order valence-electron chi connectivity index (χ3n) is 5.89. The zero-order chi connectivity index (χ0) is 23.6. The van der Waals surface area contributed by atoms with Crippen molar-refractivity contribution in [2.24, 2.45) is 5.92 Å². The third-order valence-corrected chi connectivity index (χ3v) is 5.89. The summed E-state index contributed by atoms with van der Waals surface area (Å²) in [7, 11) is 0. The Morgan fingerprint density at radius 2 is 1.91 bits per heavy atom. The van der Waals surface area contributed by atoms with E-state index in [1.54, 1.807) is 27.7 Å². The lowest BCUT2D eigenvalue weighted by atomic mass is 9.88. The zero-order valence-corrected chi connectivity index (χ0v) is 19.5. The Kier molecular flexibility index (Phi) is 6.83. The van der Waals surface area contributed by atoms with Gasteiger partial charge in [-0.3, -0.25) is 24.6 Å². The molecule has 1 aromatic heterocycles. The van der Waals surface area contributed by atoms with Crippen LogP contribution in [0.15, 0.2) is 28.8 Å². The second-order valence-corrected chi connectivity index (χ2v) is 8.58. The van der Waals surface area contributed by atoms with Gasteiger partial charge in [0.05, 0.1) is 18.2 Å². The quantitative estimate of drug-likeness (QED) is 0.495. The van der Waals surface area contributed by atoms with Crippen LogP contribution in [0.3, 0.4) is 0 Å². The number of aryl methyl sites for hydroxylation is 2. The minimum absolute atomic E-state index is 0.0921. The molecule has 1 N–H and O–H groups in total. The van der Waals surface area contributed by atoms with Crippen molar-refractivity contribution in [3.05, 3.63) is 41.3 Å². The summed E-state index contributed by atoms with van der Waals surface area (Å²) in [4.78, 5) is 39.2. The number of aromatic nitrogens is 1. The van der Waals surface area contributed by atoms with Crippen molar-refractivity contribution in [1.82, 2.24) is 15.4 Å². The summed E-state index contributed by atoms with van der Waals surface area (Å²) >= 11 is 0. The van der Waals surface area contributed by atoms with E-state index in [-0.39, 0.29) is 24.8 Å². The van der Waals surface area contributed by atoms with Gasteiger partial charge in [0.2, 0.25) is 11.8 Å². The molecule has 0 bridgehead atoms. The number of carbonyl (C=O) groups is 3. The first-order valence-corrected chi connectivity index (χ1v) is 10.9. The molecule has 1 aliphatic rings.